The highest BCUT2D eigenvalue weighted by molar-refractivity contribution is 7.89. The second-order valence-electron chi connectivity index (χ2n) is 8.52. The van der Waals surface area contributed by atoms with Gasteiger partial charge in [0.25, 0.3) is 5.91 Å². The molecule has 2 unspecified atom stereocenters. The van der Waals surface area contributed by atoms with Crippen molar-refractivity contribution in [3.8, 4) is 5.75 Å². The van der Waals surface area contributed by atoms with Gasteiger partial charge in [-0.2, -0.15) is 0 Å². The lowest BCUT2D eigenvalue weighted by Gasteiger charge is -2.37. The molecule has 2 atom stereocenters. The van der Waals surface area contributed by atoms with Crippen molar-refractivity contribution in [2.24, 2.45) is 0 Å². The van der Waals surface area contributed by atoms with Gasteiger partial charge in [-0.15, -0.1) is 0 Å². The molecule has 172 valence electrons. The third-order valence-electron chi connectivity index (χ3n) is 6.10. The van der Waals surface area contributed by atoms with E-state index in [4.69, 9.17) is 9.47 Å². The van der Waals surface area contributed by atoms with Crippen LogP contribution >= 0.6 is 0 Å². The fourth-order valence-corrected chi connectivity index (χ4v) is 6.00. The van der Waals surface area contributed by atoms with Crippen LogP contribution in [0.4, 0.5) is 0 Å². The number of methoxy groups -OCH3 is 1. The summed E-state index contributed by atoms with van der Waals surface area (Å²) in [7, 11) is -2.38. The van der Waals surface area contributed by atoms with E-state index in [-0.39, 0.29) is 34.8 Å². The summed E-state index contributed by atoms with van der Waals surface area (Å²) >= 11 is 0. The first kappa shape index (κ1) is 22.8. The molecule has 2 aromatic carbocycles. The number of hydrogen-bond donors (Lipinski definition) is 1. The van der Waals surface area contributed by atoms with E-state index in [0.29, 0.717) is 18.7 Å². The molecule has 0 aromatic heterocycles. The molecule has 32 heavy (non-hydrogen) atoms. The highest BCUT2D eigenvalue weighted by atomic mass is 32.2. The second kappa shape index (κ2) is 9.60. The van der Waals surface area contributed by atoms with Crippen LogP contribution < -0.4 is 9.46 Å². The molecule has 1 saturated carbocycles. The third kappa shape index (κ3) is 4.98. The molecule has 0 bridgehead atoms. The van der Waals surface area contributed by atoms with Crippen LogP contribution in [0.1, 0.15) is 54.6 Å². The van der Waals surface area contributed by atoms with Crippen molar-refractivity contribution in [3.63, 3.8) is 0 Å². The van der Waals surface area contributed by atoms with Crippen LogP contribution in [0.15, 0.2) is 53.4 Å². The maximum atomic E-state index is 13.4. The van der Waals surface area contributed by atoms with Crippen LogP contribution in [0.5, 0.6) is 5.75 Å². The minimum Gasteiger partial charge on any atom is -0.495 e. The number of sulfonamides is 1. The van der Waals surface area contributed by atoms with Gasteiger partial charge in [0.1, 0.15) is 16.7 Å². The van der Waals surface area contributed by atoms with Crippen LogP contribution in [0.2, 0.25) is 0 Å². The monoisotopic (exact) mass is 458 g/mol. The maximum absolute atomic E-state index is 13.4. The Bertz CT molecular complexity index is 1050. The number of rotatable bonds is 6. The molecule has 1 aliphatic carbocycles. The molecule has 1 amide bonds. The summed E-state index contributed by atoms with van der Waals surface area (Å²) in [4.78, 5) is 15.1. The molecule has 0 spiro atoms. The van der Waals surface area contributed by atoms with Crippen molar-refractivity contribution in [2.75, 3.05) is 20.2 Å². The fourth-order valence-electron chi connectivity index (χ4n) is 4.50. The van der Waals surface area contributed by atoms with Crippen molar-refractivity contribution in [1.29, 1.82) is 0 Å². The molecule has 8 heteroatoms. The summed E-state index contributed by atoms with van der Waals surface area (Å²) in [6.07, 6.45) is 3.32. The van der Waals surface area contributed by atoms with Gasteiger partial charge in [0.05, 0.1) is 19.8 Å². The Hall–Kier alpha value is -2.42. The maximum Gasteiger partial charge on any atom is 0.254 e. The Balaban J connectivity index is 1.58. The molecule has 7 nitrogen and oxygen atoms in total. The van der Waals surface area contributed by atoms with E-state index in [1.54, 1.807) is 17.0 Å². The molecule has 1 N–H and O–H groups in total. The summed E-state index contributed by atoms with van der Waals surface area (Å²) in [6, 6.07) is 14.3. The first-order chi connectivity index (χ1) is 15.4. The van der Waals surface area contributed by atoms with Crippen LogP contribution in [-0.4, -0.2) is 51.6 Å². The molecule has 1 heterocycles. The quantitative estimate of drug-likeness (QED) is 0.716. The number of amides is 1. The van der Waals surface area contributed by atoms with E-state index in [0.717, 1.165) is 31.2 Å². The molecule has 2 aliphatic rings. The summed E-state index contributed by atoms with van der Waals surface area (Å²) < 4.78 is 40.3. The largest absolute Gasteiger partial charge is 0.495 e. The normalized spacial score (nSPS) is 22.1. The lowest BCUT2D eigenvalue weighted by molar-refractivity contribution is -0.0691. The van der Waals surface area contributed by atoms with Gasteiger partial charge in [-0.1, -0.05) is 43.2 Å². The van der Waals surface area contributed by atoms with Gasteiger partial charge >= 0.3 is 0 Å². The van der Waals surface area contributed by atoms with Gasteiger partial charge in [-0.3, -0.25) is 4.79 Å². The van der Waals surface area contributed by atoms with E-state index < -0.39 is 10.0 Å². The van der Waals surface area contributed by atoms with E-state index >= 15 is 0 Å². The average molecular weight is 459 g/mol. The summed E-state index contributed by atoms with van der Waals surface area (Å²) in [5.74, 6) is 0.00519. The molecule has 2 aromatic rings. The number of ether oxygens (including phenoxy) is 2. The Labute approximate surface area is 189 Å². The number of benzene rings is 2. The Kier molecular flexibility index (Phi) is 6.83. The zero-order chi connectivity index (χ0) is 22.7. The van der Waals surface area contributed by atoms with Crippen molar-refractivity contribution in [1.82, 2.24) is 9.62 Å². The highest BCUT2D eigenvalue weighted by Gasteiger charge is 2.31. The zero-order valence-corrected chi connectivity index (χ0v) is 19.3. The standard InChI is InChI=1S/C24H30N2O5S/c1-17-15-26(16-22(31-17)18-8-4-3-5-9-18)24(27)19-12-13-21(30-2)23(14-19)32(28,29)25-20-10-6-7-11-20/h3-5,8-9,12-14,17,20,22,25H,6-7,10-11,15-16H2,1-2H3. The third-order valence-corrected chi connectivity index (χ3v) is 7.64. The summed E-state index contributed by atoms with van der Waals surface area (Å²) in [5.41, 5.74) is 1.33. The fraction of sp³-hybridized carbons (Fsp3) is 0.458. The number of nitrogens with zero attached hydrogens (tertiary/aromatic N) is 1. The number of carbonyl (C=O) groups excluding carboxylic acids is 1. The van der Waals surface area contributed by atoms with Crippen molar-refractivity contribution in [2.45, 2.75) is 55.8 Å². The van der Waals surface area contributed by atoms with E-state index in [1.165, 1.54) is 13.2 Å². The minimum atomic E-state index is -3.81. The summed E-state index contributed by atoms with van der Waals surface area (Å²) in [5, 5.41) is 0. The van der Waals surface area contributed by atoms with Crippen molar-refractivity contribution >= 4 is 15.9 Å². The topological polar surface area (TPSA) is 84.9 Å². The predicted octanol–water partition coefficient (Wildman–Crippen LogP) is 3.52. The van der Waals surface area contributed by atoms with Gasteiger partial charge in [0.2, 0.25) is 10.0 Å². The minimum absolute atomic E-state index is 0.00123. The van der Waals surface area contributed by atoms with E-state index in [1.807, 2.05) is 37.3 Å². The van der Waals surface area contributed by atoms with Crippen LogP contribution in [0.3, 0.4) is 0 Å². The molecule has 2 fully saturated rings. The average Bonchev–Trinajstić information content (AvgIpc) is 3.30. The van der Waals surface area contributed by atoms with Gasteiger partial charge in [-0.25, -0.2) is 13.1 Å². The Morgan fingerprint density at radius 3 is 2.50 bits per heavy atom. The Morgan fingerprint density at radius 1 is 1.09 bits per heavy atom. The van der Waals surface area contributed by atoms with Crippen LogP contribution in [0, 0.1) is 0 Å². The highest BCUT2D eigenvalue weighted by Crippen LogP contribution is 2.30. The first-order valence-corrected chi connectivity index (χ1v) is 12.6. The van der Waals surface area contributed by atoms with Gasteiger partial charge in [0.15, 0.2) is 0 Å². The van der Waals surface area contributed by atoms with Crippen molar-refractivity contribution in [3.05, 3.63) is 59.7 Å². The van der Waals surface area contributed by atoms with Gasteiger partial charge in [0, 0.05) is 18.2 Å². The smallest absolute Gasteiger partial charge is 0.254 e. The van der Waals surface area contributed by atoms with Gasteiger partial charge in [-0.05, 0) is 43.5 Å². The number of nitrogens with one attached hydrogen (secondary N) is 1. The Morgan fingerprint density at radius 2 is 1.81 bits per heavy atom. The molecule has 1 aliphatic heterocycles. The molecule has 1 saturated heterocycles. The zero-order valence-electron chi connectivity index (χ0n) is 18.5. The number of carbonyl (C=O) groups is 1. The predicted molar refractivity (Wildman–Crippen MR) is 121 cm³/mol. The van der Waals surface area contributed by atoms with Gasteiger partial charge < -0.3 is 14.4 Å². The van der Waals surface area contributed by atoms with Crippen molar-refractivity contribution < 1.29 is 22.7 Å². The molecule has 4 rings (SSSR count). The SMILES string of the molecule is COc1ccc(C(=O)N2CC(C)OC(c3ccccc3)C2)cc1S(=O)(=O)NC1CCCC1. The number of morpholine rings is 1. The first-order valence-electron chi connectivity index (χ1n) is 11.1. The second-order valence-corrected chi connectivity index (χ2v) is 10.2. The lowest BCUT2D eigenvalue weighted by Crippen LogP contribution is -2.46. The lowest BCUT2D eigenvalue weighted by atomic mass is 10.1. The molecular formula is C24H30N2O5S. The summed E-state index contributed by atoms with van der Waals surface area (Å²) in [6.45, 7) is 2.78. The molecular weight excluding hydrogens is 428 g/mol. The van der Waals surface area contributed by atoms with E-state index in [2.05, 4.69) is 4.72 Å². The molecule has 0 radical (unpaired) electrons. The number of hydrogen-bond acceptors (Lipinski definition) is 5. The van der Waals surface area contributed by atoms with Crippen LogP contribution in [-0.2, 0) is 14.8 Å². The van der Waals surface area contributed by atoms with Crippen LogP contribution in [0.25, 0.3) is 0 Å². The van der Waals surface area contributed by atoms with E-state index in [9.17, 15) is 13.2 Å².